The van der Waals surface area contributed by atoms with E-state index in [1.54, 1.807) is 18.3 Å². The molecule has 7 rings (SSSR count). The molecule has 3 aliphatic carbocycles. The van der Waals surface area contributed by atoms with Gasteiger partial charge in [-0.25, -0.2) is 23.7 Å². The van der Waals surface area contributed by atoms with Crippen molar-refractivity contribution in [1.82, 2.24) is 19.9 Å². The number of nitrogens with zero attached hydrogens (tertiary/aromatic N) is 3. The van der Waals surface area contributed by atoms with Crippen LogP contribution in [-0.2, 0) is 4.79 Å². The first kappa shape index (κ1) is 20.0. The number of carbonyl (C=O) groups is 1. The van der Waals surface area contributed by atoms with Crippen LogP contribution in [0.4, 0.5) is 14.6 Å². The summed E-state index contributed by atoms with van der Waals surface area (Å²) in [6, 6.07) is 5.59. The van der Waals surface area contributed by atoms with Gasteiger partial charge in [-0.15, -0.1) is 0 Å². The van der Waals surface area contributed by atoms with Crippen molar-refractivity contribution in [2.24, 2.45) is 17.8 Å². The van der Waals surface area contributed by atoms with Gasteiger partial charge in [0.1, 0.15) is 23.1 Å². The maximum Gasteiger partial charge on any atom is 0.308 e. The second-order valence-corrected chi connectivity index (χ2v) is 8.99. The number of carboxylic acid groups (broad SMARTS) is 1. The molecule has 3 heterocycles. The number of rotatable bonds is 4. The number of aromatic nitrogens is 4. The fraction of sp³-hybridized carbons (Fsp3) is 0.333. The van der Waals surface area contributed by atoms with E-state index >= 15 is 0 Å². The number of benzene rings is 1. The van der Waals surface area contributed by atoms with E-state index in [-0.39, 0.29) is 34.9 Å². The maximum absolute atomic E-state index is 14.9. The van der Waals surface area contributed by atoms with Gasteiger partial charge in [-0.05, 0) is 55.7 Å². The van der Waals surface area contributed by atoms with E-state index in [0.717, 1.165) is 31.9 Å². The molecule has 0 unspecified atom stereocenters. The normalized spacial score (nSPS) is 24.4. The zero-order valence-corrected chi connectivity index (χ0v) is 17.6. The molecule has 2 atom stereocenters. The predicted octanol–water partition coefficient (Wildman–Crippen LogP) is 4.75. The number of carboxylic acids is 1. The van der Waals surface area contributed by atoms with Crippen LogP contribution in [0.2, 0.25) is 0 Å². The van der Waals surface area contributed by atoms with E-state index in [1.165, 1.54) is 12.1 Å². The average Bonchev–Trinajstić information content (AvgIpc) is 3.22. The number of hydrogen-bond donors (Lipinski definition) is 3. The smallest absolute Gasteiger partial charge is 0.308 e. The van der Waals surface area contributed by atoms with Crippen LogP contribution in [0.25, 0.3) is 33.3 Å². The number of nitrogens with one attached hydrogen (secondary N) is 2. The highest BCUT2D eigenvalue weighted by Gasteiger charge is 2.47. The van der Waals surface area contributed by atoms with Gasteiger partial charge in [0.05, 0.1) is 23.0 Å². The molecule has 0 amide bonds. The van der Waals surface area contributed by atoms with Crippen molar-refractivity contribution in [2.75, 3.05) is 5.32 Å². The molecule has 4 aromatic rings. The van der Waals surface area contributed by atoms with E-state index in [4.69, 9.17) is 0 Å². The number of pyridine rings is 1. The molecule has 1 aromatic carbocycles. The molecule has 0 saturated heterocycles. The van der Waals surface area contributed by atoms with Crippen LogP contribution in [0.3, 0.4) is 0 Å². The Balaban J connectivity index is 1.51. The fourth-order valence-electron chi connectivity index (χ4n) is 5.70. The molecule has 0 spiro atoms. The lowest BCUT2D eigenvalue weighted by molar-refractivity contribution is -0.148. The van der Waals surface area contributed by atoms with Crippen LogP contribution in [0.1, 0.15) is 25.7 Å². The molecular formula is C24H21F2N5O2. The first-order chi connectivity index (χ1) is 16.0. The molecule has 7 nitrogen and oxygen atoms in total. The summed E-state index contributed by atoms with van der Waals surface area (Å²) >= 11 is 0. The van der Waals surface area contributed by atoms with E-state index in [1.807, 2.05) is 0 Å². The Morgan fingerprint density at radius 2 is 1.91 bits per heavy atom. The standard InChI is InChI=1S/C24H21F2N5O2/c25-13-8-14-15(10-28-21(14)27-9-13)22-29-17-3-1-2-16(26)19(17)23(31-22)30-20-12-6-4-11(5-7-12)18(20)24(32)33/h1-3,8-12,18,20H,4-7H2,(H,27,28)(H,32,33)(H,29,30,31)/t11?,12?,18-,20-/m0/s1. The number of fused-ring (bicyclic) bond motifs is 5. The number of aliphatic carboxylic acids is 1. The Labute approximate surface area is 187 Å². The van der Waals surface area contributed by atoms with Gasteiger partial charge < -0.3 is 15.4 Å². The van der Waals surface area contributed by atoms with Gasteiger partial charge in [0.2, 0.25) is 0 Å². The highest BCUT2D eigenvalue weighted by Crippen LogP contribution is 2.47. The molecule has 3 aromatic heterocycles. The molecule has 3 N–H and O–H groups in total. The van der Waals surface area contributed by atoms with Crippen molar-refractivity contribution in [1.29, 1.82) is 0 Å². The summed E-state index contributed by atoms with van der Waals surface area (Å²) in [5.74, 6) is -1.54. The van der Waals surface area contributed by atoms with Crippen molar-refractivity contribution >= 4 is 33.7 Å². The first-order valence-corrected chi connectivity index (χ1v) is 11.1. The van der Waals surface area contributed by atoms with Crippen LogP contribution in [0.5, 0.6) is 0 Å². The summed E-state index contributed by atoms with van der Waals surface area (Å²) < 4.78 is 28.8. The van der Waals surface area contributed by atoms with Crippen LogP contribution in [0.15, 0.2) is 36.7 Å². The highest BCUT2D eigenvalue weighted by atomic mass is 19.1. The van der Waals surface area contributed by atoms with E-state index < -0.39 is 23.5 Å². The largest absolute Gasteiger partial charge is 0.481 e. The molecule has 33 heavy (non-hydrogen) atoms. The Morgan fingerprint density at radius 3 is 2.70 bits per heavy atom. The second-order valence-electron chi connectivity index (χ2n) is 8.99. The fourth-order valence-corrected chi connectivity index (χ4v) is 5.70. The lowest BCUT2D eigenvalue weighted by Crippen LogP contribution is -2.51. The van der Waals surface area contributed by atoms with E-state index in [2.05, 4.69) is 25.3 Å². The molecular weight excluding hydrogens is 428 g/mol. The van der Waals surface area contributed by atoms with Crippen LogP contribution >= 0.6 is 0 Å². The minimum Gasteiger partial charge on any atom is -0.481 e. The Hall–Kier alpha value is -3.62. The van der Waals surface area contributed by atoms with Crippen molar-refractivity contribution in [2.45, 2.75) is 31.7 Å². The zero-order chi connectivity index (χ0) is 22.7. The molecule has 168 valence electrons. The monoisotopic (exact) mass is 449 g/mol. The lowest BCUT2D eigenvalue weighted by Gasteiger charge is -2.47. The number of H-pyrrole nitrogens is 1. The van der Waals surface area contributed by atoms with Crippen molar-refractivity contribution in [3.05, 3.63) is 48.3 Å². The average molecular weight is 449 g/mol. The number of hydrogen-bond acceptors (Lipinski definition) is 5. The molecule has 3 aliphatic rings. The molecule has 0 radical (unpaired) electrons. The molecule has 9 heteroatoms. The quantitative estimate of drug-likeness (QED) is 0.415. The van der Waals surface area contributed by atoms with Crippen LogP contribution < -0.4 is 5.32 Å². The second kappa shape index (κ2) is 7.47. The SMILES string of the molecule is O=C(O)[C@H]1C2CCC(CC2)[C@@H]1Nc1nc(-c2c[nH]c3ncc(F)cc23)nc2cccc(F)c12. The third-order valence-electron chi connectivity index (χ3n) is 7.22. The minimum atomic E-state index is -0.834. The summed E-state index contributed by atoms with van der Waals surface area (Å²) in [5, 5.41) is 14.0. The van der Waals surface area contributed by atoms with Gasteiger partial charge in [-0.1, -0.05) is 6.07 Å². The number of anilines is 1. The summed E-state index contributed by atoms with van der Waals surface area (Å²) in [5.41, 5.74) is 1.40. The minimum absolute atomic E-state index is 0.102. The highest BCUT2D eigenvalue weighted by molar-refractivity contribution is 5.96. The lowest BCUT2D eigenvalue weighted by atomic mass is 9.61. The van der Waals surface area contributed by atoms with Crippen LogP contribution in [0, 0.1) is 29.4 Å². The van der Waals surface area contributed by atoms with Gasteiger partial charge >= 0.3 is 5.97 Å². The van der Waals surface area contributed by atoms with Gasteiger partial charge in [0.15, 0.2) is 5.82 Å². The van der Waals surface area contributed by atoms with Crippen molar-refractivity contribution < 1.29 is 18.7 Å². The van der Waals surface area contributed by atoms with Crippen LogP contribution in [-0.4, -0.2) is 37.1 Å². The third-order valence-corrected chi connectivity index (χ3v) is 7.22. The summed E-state index contributed by atoms with van der Waals surface area (Å²) in [6.07, 6.45) is 6.45. The summed E-state index contributed by atoms with van der Waals surface area (Å²) in [6.45, 7) is 0. The zero-order valence-electron chi connectivity index (χ0n) is 17.6. The van der Waals surface area contributed by atoms with Crippen molar-refractivity contribution in [3.63, 3.8) is 0 Å². The van der Waals surface area contributed by atoms with E-state index in [0.29, 0.717) is 22.1 Å². The number of halogens is 2. The van der Waals surface area contributed by atoms with Gasteiger partial charge in [-0.3, -0.25) is 4.79 Å². The van der Waals surface area contributed by atoms with Gasteiger partial charge in [0, 0.05) is 23.2 Å². The number of aromatic amines is 1. The molecule has 3 fully saturated rings. The Bertz CT molecular complexity index is 1400. The Kier molecular flexibility index (Phi) is 4.53. The first-order valence-electron chi connectivity index (χ1n) is 11.1. The third kappa shape index (κ3) is 3.21. The molecule has 3 saturated carbocycles. The summed E-state index contributed by atoms with van der Waals surface area (Å²) in [4.78, 5) is 28.3. The van der Waals surface area contributed by atoms with E-state index in [9.17, 15) is 18.7 Å². The molecule has 2 bridgehead atoms. The summed E-state index contributed by atoms with van der Waals surface area (Å²) in [7, 11) is 0. The molecule has 0 aliphatic heterocycles. The Morgan fingerprint density at radius 1 is 1.12 bits per heavy atom. The van der Waals surface area contributed by atoms with Gasteiger partial charge in [0.25, 0.3) is 0 Å². The topological polar surface area (TPSA) is 104 Å². The van der Waals surface area contributed by atoms with Gasteiger partial charge in [-0.2, -0.15) is 0 Å². The predicted molar refractivity (Wildman–Crippen MR) is 119 cm³/mol. The van der Waals surface area contributed by atoms with Crippen molar-refractivity contribution in [3.8, 4) is 11.4 Å². The maximum atomic E-state index is 14.9.